The first-order valence-corrected chi connectivity index (χ1v) is 10.6. The Morgan fingerprint density at radius 1 is 1.00 bits per heavy atom. The van der Waals surface area contributed by atoms with Gasteiger partial charge in [-0.2, -0.15) is 0 Å². The van der Waals surface area contributed by atoms with Gasteiger partial charge in [0.2, 0.25) is 11.8 Å². The standard InChI is InChI=1S/C23H27F3N4O3/c1-16-4-3-5-19(14-16)28-22(32)17(2)30-12-10-29(11-13-30)15-21(31)27-18-6-8-20(9-7-18)33-23(24,25)26/h3-9,14,17H,10-13,15H2,1-2H3,(H,27,31)(H,28,32). The fourth-order valence-electron chi connectivity index (χ4n) is 3.59. The molecule has 1 aliphatic heterocycles. The molecule has 1 heterocycles. The number of alkyl halides is 3. The van der Waals surface area contributed by atoms with Gasteiger partial charge in [0.15, 0.2) is 0 Å². The molecule has 0 radical (unpaired) electrons. The van der Waals surface area contributed by atoms with Crippen LogP contribution >= 0.6 is 0 Å². The van der Waals surface area contributed by atoms with E-state index in [9.17, 15) is 22.8 Å². The second-order valence-corrected chi connectivity index (χ2v) is 7.97. The Balaban J connectivity index is 1.42. The van der Waals surface area contributed by atoms with Gasteiger partial charge in [-0.15, -0.1) is 13.2 Å². The fourth-order valence-corrected chi connectivity index (χ4v) is 3.59. The second kappa shape index (κ2) is 10.7. The van der Waals surface area contributed by atoms with Crippen LogP contribution < -0.4 is 15.4 Å². The van der Waals surface area contributed by atoms with E-state index in [0.29, 0.717) is 31.9 Å². The quantitative estimate of drug-likeness (QED) is 0.657. The lowest BCUT2D eigenvalue weighted by Crippen LogP contribution is -2.53. The van der Waals surface area contributed by atoms with Gasteiger partial charge in [-0.05, 0) is 55.8 Å². The topological polar surface area (TPSA) is 73.9 Å². The van der Waals surface area contributed by atoms with Gasteiger partial charge in [0.05, 0.1) is 12.6 Å². The molecule has 1 atom stereocenters. The van der Waals surface area contributed by atoms with E-state index in [1.54, 1.807) is 0 Å². The molecule has 3 rings (SSSR count). The van der Waals surface area contributed by atoms with Crippen LogP contribution in [0, 0.1) is 6.92 Å². The zero-order valence-electron chi connectivity index (χ0n) is 18.5. The molecular weight excluding hydrogens is 437 g/mol. The molecule has 2 amide bonds. The molecule has 2 aromatic rings. The summed E-state index contributed by atoms with van der Waals surface area (Å²) >= 11 is 0. The molecule has 10 heteroatoms. The van der Waals surface area contributed by atoms with E-state index in [-0.39, 0.29) is 30.2 Å². The fraction of sp³-hybridized carbons (Fsp3) is 0.391. The maximum Gasteiger partial charge on any atom is 0.573 e. The van der Waals surface area contributed by atoms with Crippen LogP contribution in [0.1, 0.15) is 12.5 Å². The minimum Gasteiger partial charge on any atom is -0.406 e. The number of hydrogen-bond acceptors (Lipinski definition) is 5. The van der Waals surface area contributed by atoms with Crippen molar-refractivity contribution in [2.45, 2.75) is 26.3 Å². The molecular formula is C23H27F3N4O3. The minimum absolute atomic E-state index is 0.0789. The van der Waals surface area contributed by atoms with E-state index >= 15 is 0 Å². The number of aryl methyl sites for hydroxylation is 1. The zero-order chi connectivity index (χ0) is 24.0. The van der Waals surface area contributed by atoms with Gasteiger partial charge in [-0.1, -0.05) is 12.1 Å². The predicted molar refractivity (Wildman–Crippen MR) is 119 cm³/mol. The number of carbonyl (C=O) groups excluding carboxylic acids is 2. The molecule has 0 bridgehead atoms. The van der Waals surface area contributed by atoms with Crippen molar-refractivity contribution in [3.63, 3.8) is 0 Å². The van der Waals surface area contributed by atoms with Crippen molar-refractivity contribution in [2.75, 3.05) is 43.4 Å². The van der Waals surface area contributed by atoms with Crippen molar-refractivity contribution in [1.82, 2.24) is 9.80 Å². The SMILES string of the molecule is Cc1cccc(NC(=O)C(C)N2CCN(CC(=O)Nc3ccc(OC(F)(F)F)cc3)CC2)c1. The highest BCUT2D eigenvalue weighted by Crippen LogP contribution is 2.24. The van der Waals surface area contributed by atoms with Crippen LogP contribution in [0.2, 0.25) is 0 Å². The lowest BCUT2D eigenvalue weighted by Gasteiger charge is -2.37. The van der Waals surface area contributed by atoms with Gasteiger partial charge < -0.3 is 15.4 Å². The molecule has 1 unspecified atom stereocenters. The Hall–Kier alpha value is -3.11. The summed E-state index contributed by atoms with van der Waals surface area (Å²) in [6.07, 6.45) is -4.76. The Labute approximate surface area is 190 Å². The van der Waals surface area contributed by atoms with Crippen LogP contribution in [0.5, 0.6) is 5.75 Å². The van der Waals surface area contributed by atoms with Crippen molar-refractivity contribution >= 4 is 23.2 Å². The highest BCUT2D eigenvalue weighted by Gasteiger charge is 2.31. The van der Waals surface area contributed by atoms with Gasteiger partial charge in [-0.25, -0.2) is 0 Å². The highest BCUT2D eigenvalue weighted by atomic mass is 19.4. The molecule has 0 spiro atoms. The number of halogens is 3. The molecule has 0 saturated carbocycles. The summed E-state index contributed by atoms with van der Waals surface area (Å²) in [6.45, 7) is 6.49. The van der Waals surface area contributed by atoms with Gasteiger partial charge >= 0.3 is 6.36 Å². The summed E-state index contributed by atoms with van der Waals surface area (Å²) in [7, 11) is 0. The van der Waals surface area contributed by atoms with E-state index in [1.807, 2.05) is 43.0 Å². The number of rotatable bonds is 7. The van der Waals surface area contributed by atoms with Gasteiger partial charge in [0.1, 0.15) is 5.75 Å². The molecule has 7 nitrogen and oxygen atoms in total. The van der Waals surface area contributed by atoms with Crippen molar-refractivity contribution in [1.29, 1.82) is 0 Å². The third-order valence-corrected chi connectivity index (χ3v) is 5.36. The van der Waals surface area contributed by atoms with Crippen molar-refractivity contribution in [3.05, 3.63) is 54.1 Å². The molecule has 2 aromatic carbocycles. The number of ether oxygens (including phenoxy) is 1. The summed E-state index contributed by atoms with van der Waals surface area (Å²) in [5.74, 6) is -0.694. The molecule has 2 N–H and O–H groups in total. The molecule has 0 aliphatic carbocycles. The predicted octanol–water partition coefficient (Wildman–Crippen LogP) is 3.48. The summed E-state index contributed by atoms with van der Waals surface area (Å²) in [5, 5.41) is 5.61. The summed E-state index contributed by atoms with van der Waals surface area (Å²) in [5.41, 5.74) is 2.22. The number of hydrogen-bond donors (Lipinski definition) is 2. The molecule has 1 fully saturated rings. The van der Waals surface area contributed by atoms with Crippen LogP contribution in [0.3, 0.4) is 0 Å². The van der Waals surface area contributed by atoms with E-state index in [0.717, 1.165) is 23.4 Å². The monoisotopic (exact) mass is 464 g/mol. The summed E-state index contributed by atoms with van der Waals surface area (Å²) < 4.78 is 40.5. The zero-order valence-corrected chi connectivity index (χ0v) is 18.5. The van der Waals surface area contributed by atoms with E-state index in [2.05, 4.69) is 20.3 Å². The van der Waals surface area contributed by atoms with Crippen LogP contribution in [0.4, 0.5) is 24.5 Å². The van der Waals surface area contributed by atoms with Gasteiger partial charge in [0.25, 0.3) is 0 Å². The number of piperazine rings is 1. The molecule has 1 saturated heterocycles. The highest BCUT2D eigenvalue weighted by molar-refractivity contribution is 5.94. The third-order valence-electron chi connectivity index (χ3n) is 5.36. The molecule has 178 valence electrons. The lowest BCUT2D eigenvalue weighted by atomic mass is 10.2. The first-order valence-electron chi connectivity index (χ1n) is 10.6. The number of benzene rings is 2. The Bertz CT molecular complexity index is 958. The smallest absolute Gasteiger partial charge is 0.406 e. The number of anilines is 2. The number of amides is 2. The van der Waals surface area contributed by atoms with E-state index in [4.69, 9.17) is 0 Å². The third kappa shape index (κ3) is 7.76. The maximum absolute atomic E-state index is 12.6. The van der Waals surface area contributed by atoms with Crippen molar-refractivity contribution in [2.24, 2.45) is 0 Å². The Morgan fingerprint density at radius 2 is 1.67 bits per heavy atom. The van der Waals surface area contributed by atoms with Gasteiger partial charge in [-0.3, -0.25) is 19.4 Å². The van der Waals surface area contributed by atoms with Gasteiger partial charge in [0, 0.05) is 37.6 Å². The molecule has 1 aliphatic rings. The normalized spacial score (nSPS) is 16.2. The Morgan fingerprint density at radius 3 is 2.27 bits per heavy atom. The minimum atomic E-state index is -4.76. The van der Waals surface area contributed by atoms with Crippen LogP contribution in [0.15, 0.2) is 48.5 Å². The lowest BCUT2D eigenvalue weighted by molar-refractivity contribution is -0.274. The van der Waals surface area contributed by atoms with Crippen LogP contribution in [-0.4, -0.2) is 66.7 Å². The van der Waals surface area contributed by atoms with Crippen molar-refractivity contribution in [3.8, 4) is 5.75 Å². The largest absolute Gasteiger partial charge is 0.573 e. The summed E-state index contributed by atoms with van der Waals surface area (Å²) in [6, 6.07) is 12.3. The molecule has 0 aromatic heterocycles. The summed E-state index contributed by atoms with van der Waals surface area (Å²) in [4.78, 5) is 28.9. The number of nitrogens with one attached hydrogen (secondary N) is 2. The van der Waals surface area contributed by atoms with Crippen LogP contribution in [0.25, 0.3) is 0 Å². The van der Waals surface area contributed by atoms with Crippen LogP contribution in [-0.2, 0) is 9.59 Å². The first-order chi connectivity index (χ1) is 15.6. The number of carbonyl (C=O) groups is 2. The van der Waals surface area contributed by atoms with E-state index < -0.39 is 6.36 Å². The maximum atomic E-state index is 12.6. The number of nitrogens with zero attached hydrogens (tertiary/aromatic N) is 2. The first kappa shape index (κ1) is 24.5. The average molecular weight is 464 g/mol. The average Bonchev–Trinajstić information content (AvgIpc) is 2.74. The molecule has 33 heavy (non-hydrogen) atoms. The van der Waals surface area contributed by atoms with Crippen molar-refractivity contribution < 1.29 is 27.5 Å². The Kier molecular flexibility index (Phi) is 7.93. The second-order valence-electron chi connectivity index (χ2n) is 7.97. The van der Waals surface area contributed by atoms with E-state index in [1.165, 1.54) is 12.1 Å².